The van der Waals surface area contributed by atoms with Crippen molar-refractivity contribution in [3.05, 3.63) is 0 Å². The van der Waals surface area contributed by atoms with Crippen LogP contribution in [0.25, 0.3) is 0 Å². The molecule has 2 fully saturated rings. The molecule has 0 aromatic heterocycles. The maximum Gasteiger partial charge on any atom is 0.00416 e. The smallest absolute Gasteiger partial charge is 0.00416 e. The van der Waals surface area contributed by atoms with E-state index in [0.717, 1.165) is 11.8 Å². The molecule has 3 atom stereocenters. The number of hydrogen-bond acceptors (Lipinski definition) is 1. The van der Waals surface area contributed by atoms with E-state index < -0.39 is 0 Å². The first-order valence-corrected chi connectivity index (χ1v) is 4.62. The van der Waals surface area contributed by atoms with Gasteiger partial charge in [0, 0.05) is 6.04 Å². The first-order valence-electron chi connectivity index (χ1n) is 4.62. The molecule has 2 aliphatic carbocycles. The minimum atomic E-state index is 0.541. The Balaban J connectivity index is 1.96. The average Bonchev–Trinajstić information content (AvgIpc) is 2.33. The Morgan fingerprint density at radius 3 is 2.60 bits per heavy atom. The van der Waals surface area contributed by atoms with Gasteiger partial charge in [-0.15, -0.1) is 0 Å². The summed E-state index contributed by atoms with van der Waals surface area (Å²) in [6.45, 7) is 0. The molecule has 0 aromatic rings. The molecule has 2 N–H and O–H groups in total. The molecule has 0 spiro atoms. The van der Waals surface area contributed by atoms with E-state index in [1.54, 1.807) is 0 Å². The van der Waals surface area contributed by atoms with Crippen molar-refractivity contribution in [2.24, 2.45) is 17.6 Å². The molecule has 2 saturated carbocycles. The van der Waals surface area contributed by atoms with E-state index in [1.807, 2.05) is 0 Å². The molecule has 2 aliphatic rings. The van der Waals surface area contributed by atoms with Crippen LogP contribution in [0.1, 0.15) is 38.5 Å². The lowest BCUT2D eigenvalue weighted by Gasteiger charge is -2.29. The van der Waals surface area contributed by atoms with Crippen molar-refractivity contribution >= 4 is 0 Å². The van der Waals surface area contributed by atoms with E-state index in [9.17, 15) is 0 Å². The van der Waals surface area contributed by atoms with Crippen molar-refractivity contribution in [1.29, 1.82) is 0 Å². The Bertz CT molecular complexity index is 122. The van der Waals surface area contributed by atoms with Crippen LogP contribution in [0.15, 0.2) is 0 Å². The molecule has 1 heteroatoms. The standard InChI is InChI=1S/C9H17N/c10-9-5-4-7-2-1-3-8(7)6-9/h7-9H,1-6,10H2/t7-,8-,9+/m1/s1. The summed E-state index contributed by atoms with van der Waals surface area (Å²) in [5.74, 6) is 2.09. The highest BCUT2D eigenvalue weighted by atomic mass is 14.6. The van der Waals surface area contributed by atoms with E-state index in [-0.39, 0.29) is 0 Å². The minimum absolute atomic E-state index is 0.541. The highest BCUT2D eigenvalue weighted by Gasteiger charge is 2.32. The Morgan fingerprint density at radius 2 is 1.70 bits per heavy atom. The Labute approximate surface area is 63.0 Å². The molecule has 0 heterocycles. The largest absolute Gasteiger partial charge is 0.328 e. The van der Waals surface area contributed by atoms with Crippen LogP contribution in [0.3, 0.4) is 0 Å². The number of rotatable bonds is 0. The van der Waals surface area contributed by atoms with E-state index in [2.05, 4.69) is 0 Å². The molecular formula is C9H17N. The van der Waals surface area contributed by atoms with Gasteiger partial charge in [0.2, 0.25) is 0 Å². The van der Waals surface area contributed by atoms with Crippen molar-refractivity contribution < 1.29 is 0 Å². The third kappa shape index (κ3) is 1.07. The van der Waals surface area contributed by atoms with Gasteiger partial charge in [0.25, 0.3) is 0 Å². The second-order valence-corrected chi connectivity index (χ2v) is 4.02. The summed E-state index contributed by atoms with van der Waals surface area (Å²) in [4.78, 5) is 0. The summed E-state index contributed by atoms with van der Waals surface area (Å²) in [7, 11) is 0. The zero-order valence-corrected chi connectivity index (χ0v) is 6.55. The molecule has 0 saturated heterocycles. The van der Waals surface area contributed by atoms with Gasteiger partial charge in [-0.3, -0.25) is 0 Å². The lowest BCUT2D eigenvalue weighted by molar-refractivity contribution is 0.251. The number of hydrogen-bond donors (Lipinski definition) is 1. The molecule has 0 aromatic carbocycles. The predicted molar refractivity (Wildman–Crippen MR) is 42.7 cm³/mol. The third-order valence-electron chi connectivity index (χ3n) is 3.33. The molecular weight excluding hydrogens is 122 g/mol. The molecule has 2 rings (SSSR count). The van der Waals surface area contributed by atoms with Crippen LogP contribution in [0.5, 0.6) is 0 Å². The lowest BCUT2D eigenvalue weighted by atomic mass is 9.79. The molecule has 0 bridgehead atoms. The summed E-state index contributed by atoms with van der Waals surface area (Å²) in [5, 5.41) is 0. The van der Waals surface area contributed by atoms with Gasteiger partial charge in [-0.2, -0.15) is 0 Å². The molecule has 0 unspecified atom stereocenters. The summed E-state index contributed by atoms with van der Waals surface area (Å²) >= 11 is 0. The van der Waals surface area contributed by atoms with E-state index in [1.165, 1.54) is 38.5 Å². The Morgan fingerprint density at radius 1 is 0.900 bits per heavy atom. The SMILES string of the molecule is N[C@H]1CC[C@H]2CCC[C@@H]2C1. The van der Waals surface area contributed by atoms with Gasteiger partial charge in [-0.25, -0.2) is 0 Å². The van der Waals surface area contributed by atoms with Gasteiger partial charge in [-0.1, -0.05) is 19.3 Å². The summed E-state index contributed by atoms with van der Waals surface area (Å²) in [6, 6.07) is 0.541. The van der Waals surface area contributed by atoms with Gasteiger partial charge in [0.1, 0.15) is 0 Å². The fourth-order valence-corrected chi connectivity index (χ4v) is 2.74. The summed E-state index contributed by atoms with van der Waals surface area (Å²) in [6.07, 6.45) is 8.48. The van der Waals surface area contributed by atoms with Gasteiger partial charge >= 0.3 is 0 Å². The number of fused-ring (bicyclic) bond motifs is 1. The minimum Gasteiger partial charge on any atom is -0.328 e. The van der Waals surface area contributed by atoms with Crippen LogP contribution < -0.4 is 5.73 Å². The van der Waals surface area contributed by atoms with Crippen molar-refractivity contribution in [1.82, 2.24) is 0 Å². The normalized spacial score (nSPS) is 47.1. The summed E-state index contributed by atoms with van der Waals surface area (Å²) in [5.41, 5.74) is 5.89. The zero-order valence-electron chi connectivity index (χ0n) is 6.55. The third-order valence-corrected chi connectivity index (χ3v) is 3.33. The van der Waals surface area contributed by atoms with Gasteiger partial charge in [0.05, 0.1) is 0 Å². The van der Waals surface area contributed by atoms with Crippen molar-refractivity contribution in [2.75, 3.05) is 0 Å². The predicted octanol–water partition coefficient (Wildman–Crippen LogP) is 1.91. The first-order chi connectivity index (χ1) is 4.86. The van der Waals surface area contributed by atoms with Gasteiger partial charge < -0.3 is 5.73 Å². The molecule has 10 heavy (non-hydrogen) atoms. The highest BCUT2D eigenvalue weighted by molar-refractivity contribution is 4.85. The maximum atomic E-state index is 5.89. The average molecular weight is 139 g/mol. The van der Waals surface area contributed by atoms with E-state index >= 15 is 0 Å². The summed E-state index contributed by atoms with van der Waals surface area (Å²) < 4.78 is 0. The van der Waals surface area contributed by atoms with Crippen LogP contribution in [-0.4, -0.2) is 6.04 Å². The molecule has 0 radical (unpaired) electrons. The van der Waals surface area contributed by atoms with E-state index in [0.29, 0.717) is 6.04 Å². The molecule has 0 amide bonds. The fourth-order valence-electron chi connectivity index (χ4n) is 2.74. The molecule has 58 valence electrons. The Kier molecular flexibility index (Phi) is 1.69. The first kappa shape index (κ1) is 6.66. The topological polar surface area (TPSA) is 26.0 Å². The number of nitrogens with two attached hydrogens (primary N) is 1. The van der Waals surface area contributed by atoms with Crippen LogP contribution in [0.2, 0.25) is 0 Å². The van der Waals surface area contributed by atoms with Crippen molar-refractivity contribution in [3.63, 3.8) is 0 Å². The van der Waals surface area contributed by atoms with Crippen LogP contribution in [0, 0.1) is 11.8 Å². The Hall–Kier alpha value is -0.0400. The van der Waals surface area contributed by atoms with Gasteiger partial charge in [0.15, 0.2) is 0 Å². The van der Waals surface area contributed by atoms with E-state index in [4.69, 9.17) is 5.73 Å². The lowest BCUT2D eigenvalue weighted by Crippen LogP contribution is -2.30. The zero-order chi connectivity index (χ0) is 6.97. The van der Waals surface area contributed by atoms with Crippen LogP contribution in [0.4, 0.5) is 0 Å². The maximum absolute atomic E-state index is 5.89. The monoisotopic (exact) mass is 139 g/mol. The molecule has 1 nitrogen and oxygen atoms in total. The second kappa shape index (κ2) is 2.54. The highest BCUT2D eigenvalue weighted by Crippen LogP contribution is 2.41. The second-order valence-electron chi connectivity index (χ2n) is 4.02. The van der Waals surface area contributed by atoms with Crippen LogP contribution >= 0.6 is 0 Å². The quantitative estimate of drug-likeness (QED) is 0.545. The van der Waals surface area contributed by atoms with Gasteiger partial charge in [-0.05, 0) is 31.1 Å². The molecule has 0 aliphatic heterocycles. The van der Waals surface area contributed by atoms with Crippen LogP contribution in [-0.2, 0) is 0 Å². The fraction of sp³-hybridized carbons (Fsp3) is 1.00. The van der Waals surface area contributed by atoms with Crippen molar-refractivity contribution in [2.45, 2.75) is 44.6 Å². The van der Waals surface area contributed by atoms with Crippen molar-refractivity contribution in [3.8, 4) is 0 Å².